The summed E-state index contributed by atoms with van der Waals surface area (Å²) in [5, 5.41) is 0. The molecule has 2 fully saturated rings. The number of hydrogen-bond acceptors (Lipinski definition) is 3. The topological polar surface area (TPSA) is 35.5 Å². The molecule has 1 saturated heterocycles. The van der Waals surface area contributed by atoms with Crippen molar-refractivity contribution < 1.29 is 14.3 Å². The van der Waals surface area contributed by atoms with Crippen LogP contribution in [0, 0.1) is 16.7 Å². The molecule has 1 aliphatic heterocycles. The number of ether oxygens (including phenoxy) is 2. The van der Waals surface area contributed by atoms with E-state index < -0.39 is 5.79 Å². The highest BCUT2D eigenvalue weighted by molar-refractivity contribution is 6.06. The minimum Gasteiger partial charge on any atom is -0.347 e. The van der Waals surface area contributed by atoms with Crippen molar-refractivity contribution in [3.63, 3.8) is 0 Å². The second kappa shape index (κ2) is 4.78. The van der Waals surface area contributed by atoms with E-state index in [1.807, 2.05) is 24.3 Å². The zero-order valence-electron chi connectivity index (χ0n) is 14.1. The fourth-order valence-electron chi connectivity index (χ4n) is 5.45. The Kier molecular flexibility index (Phi) is 3.14. The zero-order chi connectivity index (χ0) is 16.3. The van der Waals surface area contributed by atoms with Gasteiger partial charge in [0.05, 0.1) is 13.2 Å². The Bertz CT molecular complexity index is 667. The molecule has 1 saturated carbocycles. The minimum absolute atomic E-state index is 0.0105. The molecule has 23 heavy (non-hydrogen) atoms. The maximum Gasteiger partial charge on any atom is 0.169 e. The van der Waals surface area contributed by atoms with E-state index in [1.54, 1.807) is 0 Å². The Labute approximate surface area is 137 Å². The number of hydrogen-bond donors (Lipinski definition) is 0. The summed E-state index contributed by atoms with van der Waals surface area (Å²) >= 11 is 0. The number of carbonyl (C=O) groups is 1. The van der Waals surface area contributed by atoms with Gasteiger partial charge in [0.2, 0.25) is 0 Å². The molecule has 0 aromatic heterocycles. The van der Waals surface area contributed by atoms with E-state index in [1.165, 1.54) is 0 Å². The van der Waals surface area contributed by atoms with E-state index in [4.69, 9.17) is 9.47 Å². The molecule has 0 amide bonds. The fraction of sp³-hybridized carbons (Fsp3) is 0.550. The van der Waals surface area contributed by atoms with Gasteiger partial charge in [-0.2, -0.15) is 0 Å². The van der Waals surface area contributed by atoms with Crippen LogP contribution in [0.3, 0.4) is 0 Å². The Balaban J connectivity index is 1.83. The lowest BCUT2D eigenvalue weighted by Gasteiger charge is -2.53. The van der Waals surface area contributed by atoms with Gasteiger partial charge in [-0.15, -0.1) is 0 Å². The van der Waals surface area contributed by atoms with Crippen molar-refractivity contribution in [1.29, 1.82) is 0 Å². The van der Waals surface area contributed by atoms with Crippen LogP contribution in [0.5, 0.6) is 0 Å². The van der Waals surface area contributed by atoms with Crippen molar-refractivity contribution in [3.8, 4) is 0 Å². The lowest BCUT2D eigenvalue weighted by molar-refractivity contribution is -0.228. The molecule has 0 N–H and O–H groups in total. The molecule has 4 rings (SSSR count). The van der Waals surface area contributed by atoms with Gasteiger partial charge >= 0.3 is 0 Å². The first-order chi connectivity index (χ1) is 10.9. The number of rotatable bonds is 1. The van der Waals surface area contributed by atoms with Gasteiger partial charge in [0.25, 0.3) is 0 Å². The van der Waals surface area contributed by atoms with Crippen LogP contribution < -0.4 is 0 Å². The van der Waals surface area contributed by atoms with E-state index in [-0.39, 0.29) is 22.5 Å². The van der Waals surface area contributed by atoms with Crippen LogP contribution in [-0.2, 0) is 14.3 Å². The highest BCUT2D eigenvalue weighted by Crippen LogP contribution is 2.64. The van der Waals surface area contributed by atoms with Crippen LogP contribution in [0.1, 0.15) is 39.2 Å². The molecule has 3 nitrogen and oxygen atoms in total. The van der Waals surface area contributed by atoms with E-state index >= 15 is 0 Å². The standard InChI is InChI=1S/C20H24O3/c1-18(2)12-20(22-9-10-23-20)13-19(3)15(11-16(21)17(18)19)14-7-5-4-6-8-14/h4-8,11,17H,9-10,12-13H2,1-3H3/t17-,19-/m0/s1. The predicted octanol–water partition coefficient (Wildman–Crippen LogP) is 3.84. The third-order valence-electron chi connectivity index (χ3n) is 5.86. The summed E-state index contributed by atoms with van der Waals surface area (Å²) in [6.07, 6.45) is 3.40. The highest BCUT2D eigenvalue weighted by atomic mass is 16.7. The predicted molar refractivity (Wildman–Crippen MR) is 88.7 cm³/mol. The molecule has 3 heteroatoms. The van der Waals surface area contributed by atoms with E-state index in [2.05, 4.69) is 32.9 Å². The first-order valence-corrected chi connectivity index (χ1v) is 8.46. The van der Waals surface area contributed by atoms with Gasteiger partial charge in [0, 0.05) is 24.2 Å². The Hall–Kier alpha value is -1.45. The molecule has 1 aromatic carbocycles. The number of carbonyl (C=O) groups excluding carboxylic acids is 1. The van der Waals surface area contributed by atoms with E-state index in [0.717, 1.165) is 24.0 Å². The highest BCUT2D eigenvalue weighted by Gasteiger charge is 2.63. The summed E-state index contributed by atoms with van der Waals surface area (Å²) in [7, 11) is 0. The third kappa shape index (κ3) is 2.14. The zero-order valence-corrected chi connectivity index (χ0v) is 14.1. The number of fused-ring (bicyclic) bond motifs is 1. The SMILES string of the molecule is CC1(C)CC2(C[C@@]3(C)C(c4ccccc4)=CC(=O)[C@@H]13)OCCO2. The van der Waals surface area contributed by atoms with Crippen molar-refractivity contribution in [1.82, 2.24) is 0 Å². The Morgan fingerprint density at radius 3 is 2.30 bits per heavy atom. The van der Waals surface area contributed by atoms with E-state index in [0.29, 0.717) is 13.2 Å². The normalized spacial score (nSPS) is 34.5. The smallest absolute Gasteiger partial charge is 0.169 e. The molecule has 1 aromatic rings. The molecule has 1 spiro atoms. The van der Waals surface area contributed by atoms with Gasteiger partial charge in [-0.25, -0.2) is 0 Å². The van der Waals surface area contributed by atoms with Gasteiger partial charge in [-0.05, 0) is 22.6 Å². The number of ketones is 1. The maximum atomic E-state index is 12.9. The van der Waals surface area contributed by atoms with Crippen molar-refractivity contribution in [3.05, 3.63) is 42.0 Å². The Morgan fingerprint density at radius 2 is 1.65 bits per heavy atom. The van der Waals surface area contributed by atoms with Crippen molar-refractivity contribution in [2.75, 3.05) is 13.2 Å². The van der Waals surface area contributed by atoms with Crippen molar-refractivity contribution >= 4 is 11.4 Å². The second-order valence-electron chi connectivity index (χ2n) is 8.13. The summed E-state index contributed by atoms with van der Waals surface area (Å²) in [5.74, 6) is -0.291. The molecule has 3 aliphatic rings. The summed E-state index contributed by atoms with van der Waals surface area (Å²) in [6.45, 7) is 7.88. The summed E-state index contributed by atoms with van der Waals surface area (Å²) in [4.78, 5) is 12.9. The molecular weight excluding hydrogens is 288 g/mol. The molecular formula is C20H24O3. The quantitative estimate of drug-likeness (QED) is 0.790. The third-order valence-corrected chi connectivity index (χ3v) is 5.86. The minimum atomic E-state index is -0.534. The summed E-state index contributed by atoms with van der Waals surface area (Å²) < 4.78 is 12.1. The van der Waals surface area contributed by atoms with Crippen molar-refractivity contribution in [2.45, 2.75) is 39.4 Å². The summed E-state index contributed by atoms with van der Waals surface area (Å²) in [6, 6.07) is 10.3. The van der Waals surface area contributed by atoms with Crippen LogP contribution in [0.15, 0.2) is 36.4 Å². The van der Waals surface area contributed by atoms with E-state index in [9.17, 15) is 4.79 Å². The fourth-order valence-corrected chi connectivity index (χ4v) is 5.45. The first kappa shape index (κ1) is 15.1. The summed E-state index contributed by atoms with van der Waals surface area (Å²) in [5.41, 5.74) is 1.88. The van der Waals surface area contributed by atoms with Crippen LogP contribution in [0.4, 0.5) is 0 Å². The second-order valence-corrected chi connectivity index (χ2v) is 8.13. The maximum absolute atomic E-state index is 12.9. The number of benzene rings is 1. The van der Waals surface area contributed by atoms with Gasteiger partial charge in [0.15, 0.2) is 11.6 Å². The lowest BCUT2D eigenvalue weighted by atomic mass is 9.53. The van der Waals surface area contributed by atoms with Crippen LogP contribution in [-0.4, -0.2) is 24.8 Å². The van der Waals surface area contributed by atoms with Gasteiger partial charge in [-0.3, -0.25) is 4.79 Å². The van der Waals surface area contributed by atoms with Gasteiger partial charge in [-0.1, -0.05) is 51.1 Å². The number of allylic oxidation sites excluding steroid dienone is 2. The van der Waals surface area contributed by atoms with Crippen LogP contribution in [0.25, 0.3) is 5.57 Å². The van der Waals surface area contributed by atoms with Gasteiger partial charge in [0.1, 0.15) is 0 Å². The monoisotopic (exact) mass is 312 g/mol. The average Bonchev–Trinajstić information content (AvgIpc) is 3.01. The molecule has 122 valence electrons. The van der Waals surface area contributed by atoms with Gasteiger partial charge < -0.3 is 9.47 Å². The van der Waals surface area contributed by atoms with Crippen LogP contribution in [0.2, 0.25) is 0 Å². The molecule has 2 aliphatic carbocycles. The largest absolute Gasteiger partial charge is 0.347 e. The molecule has 0 radical (unpaired) electrons. The van der Waals surface area contributed by atoms with Crippen molar-refractivity contribution in [2.24, 2.45) is 16.7 Å². The molecule has 0 unspecified atom stereocenters. The molecule has 1 heterocycles. The van der Waals surface area contributed by atoms with Crippen LogP contribution >= 0.6 is 0 Å². The molecule has 2 atom stereocenters. The molecule has 0 bridgehead atoms. The average molecular weight is 312 g/mol. The Morgan fingerprint density at radius 1 is 1.00 bits per heavy atom. The lowest BCUT2D eigenvalue weighted by Crippen LogP contribution is -2.54. The first-order valence-electron chi connectivity index (χ1n) is 8.46.